The molecular formula is C11H13F4NO. The van der Waals surface area contributed by atoms with Crippen LogP contribution in [0.15, 0.2) is 18.2 Å². The number of alkyl halides is 3. The smallest absolute Gasteiger partial charge is 0.403 e. The average molecular weight is 251 g/mol. The maximum absolute atomic E-state index is 13.6. The van der Waals surface area contributed by atoms with E-state index in [0.29, 0.717) is 6.54 Å². The Hall–Kier alpha value is -1.30. The van der Waals surface area contributed by atoms with Crippen molar-refractivity contribution in [3.8, 4) is 5.75 Å². The summed E-state index contributed by atoms with van der Waals surface area (Å²) in [7, 11) is 0. The number of benzene rings is 1. The molecule has 0 heterocycles. The quantitative estimate of drug-likeness (QED) is 0.640. The SMILES string of the molecule is CCCNCc1cccc(OC(F)(F)F)c1F. The zero-order valence-electron chi connectivity index (χ0n) is 9.27. The second kappa shape index (κ2) is 5.86. The maximum Gasteiger partial charge on any atom is 0.573 e. The molecule has 0 saturated heterocycles. The molecule has 0 unspecified atom stereocenters. The Kier molecular flexibility index (Phi) is 4.74. The van der Waals surface area contributed by atoms with Gasteiger partial charge in [0.15, 0.2) is 11.6 Å². The van der Waals surface area contributed by atoms with E-state index >= 15 is 0 Å². The lowest BCUT2D eigenvalue weighted by Crippen LogP contribution is -2.19. The van der Waals surface area contributed by atoms with Crippen LogP contribution in [0.25, 0.3) is 0 Å². The summed E-state index contributed by atoms with van der Waals surface area (Å²) in [6.07, 6.45) is -4.02. The Morgan fingerprint density at radius 2 is 2.00 bits per heavy atom. The minimum Gasteiger partial charge on any atom is -0.403 e. The fourth-order valence-corrected chi connectivity index (χ4v) is 1.30. The van der Waals surface area contributed by atoms with Crippen molar-refractivity contribution in [3.05, 3.63) is 29.6 Å². The largest absolute Gasteiger partial charge is 0.573 e. The van der Waals surface area contributed by atoms with Gasteiger partial charge in [0.25, 0.3) is 0 Å². The number of ether oxygens (including phenoxy) is 1. The summed E-state index contributed by atoms with van der Waals surface area (Å²) in [4.78, 5) is 0. The van der Waals surface area contributed by atoms with Gasteiger partial charge in [-0.25, -0.2) is 4.39 Å². The minimum absolute atomic E-state index is 0.153. The van der Waals surface area contributed by atoms with E-state index in [1.54, 1.807) is 0 Å². The summed E-state index contributed by atoms with van der Waals surface area (Å²) in [5.74, 6) is -1.78. The van der Waals surface area contributed by atoms with Crippen LogP contribution in [-0.2, 0) is 6.54 Å². The van der Waals surface area contributed by atoms with Crippen LogP contribution in [0.2, 0.25) is 0 Å². The minimum atomic E-state index is -4.88. The molecule has 0 fully saturated rings. The molecule has 0 aliphatic carbocycles. The third-order valence-electron chi connectivity index (χ3n) is 2.01. The molecule has 0 aliphatic heterocycles. The average Bonchev–Trinajstić information content (AvgIpc) is 2.22. The topological polar surface area (TPSA) is 21.3 Å². The fourth-order valence-electron chi connectivity index (χ4n) is 1.30. The second-order valence-corrected chi connectivity index (χ2v) is 3.45. The van der Waals surface area contributed by atoms with Crippen LogP contribution in [-0.4, -0.2) is 12.9 Å². The number of hydrogen-bond donors (Lipinski definition) is 1. The first-order chi connectivity index (χ1) is 7.94. The molecule has 1 aromatic carbocycles. The molecule has 0 aromatic heterocycles. The van der Waals surface area contributed by atoms with Crippen LogP contribution in [0.5, 0.6) is 5.75 Å². The van der Waals surface area contributed by atoms with Gasteiger partial charge in [0.1, 0.15) is 0 Å². The number of hydrogen-bond acceptors (Lipinski definition) is 2. The van der Waals surface area contributed by atoms with Crippen LogP contribution in [0, 0.1) is 5.82 Å². The molecule has 0 bridgehead atoms. The maximum atomic E-state index is 13.6. The molecule has 2 nitrogen and oxygen atoms in total. The molecule has 0 aliphatic rings. The van der Waals surface area contributed by atoms with Gasteiger partial charge in [-0.3, -0.25) is 0 Å². The van der Waals surface area contributed by atoms with Gasteiger partial charge in [0.05, 0.1) is 0 Å². The van der Waals surface area contributed by atoms with Gasteiger partial charge in [-0.05, 0) is 19.0 Å². The summed E-state index contributed by atoms with van der Waals surface area (Å²) in [6, 6.07) is 3.69. The predicted molar refractivity (Wildman–Crippen MR) is 55.1 cm³/mol. The van der Waals surface area contributed by atoms with E-state index in [1.165, 1.54) is 12.1 Å². The van der Waals surface area contributed by atoms with E-state index in [4.69, 9.17) is 0 Å². The van der Waals surface area contributed by atoms with E-state index in [1.807, 2.05) is 6.92 Å². The van der Waals surface area contributed by atoms with Gasteiger partial charge < -0.3 is 10.1 Å². The zero-order chi connectivity index (χ0) is 12.9. The van der Waals surface area contributed by atoms with Crippen molar-refractivity contribution in [2.24, 2.45) is 0 Å². The van der Waals surface area contributed by atoms with Crippen LogP contribution in [0.3, 0.4) is 0 Å². The van der Waals surface area contributed by atoms with Crippen molar-refractivity contribution in [2.45, 2.75) is 26.3 Å². The van der Waals surface area contributed by atoms with Gasteiger partial charge in [-0.15, -0.1) is 13.2 Å². The molecule has 1 aromatic rings. The van der Waals surface area contributed by atoms with Crippen molar-refractivity contribution >= 4 is 0 Å². The van der Waals surface area contributed by atoms with Gasteiger partial charge in [0.2, 0.25) is 0 Å². The Morgan fingerprint density at radius 3 is 2.59 bits per heavy atom. The highest BCUT2D eigenvalue weighted by atomic mass is 19.4. The van der Waals surface area contributed by atoms with Crippen molar-refractivity contribution in [1.82, 2.24) is 5.32 Å². The predicted octanol–water partition coefficient (Wildman–Crippen LogP) is 3.22. The van der Waals surface area contributed by atoms with Gasteiger partial charge in [0, 0.05) is 12.1 Å². The summed E-state index contributed by atoms with van der Waals surface area (Å²) in [6.45, 7) is 2.78. The molecular weight excluding hydrogens is 238 g/mol. The summed E-state index contributed by atoms with van der Waals surface area (Å²) in [5.41, 5.74) is 0.153. The molecule has 17 heavy (non-hydrogen) atoms. The van der Waals surface area contributed by atoms with E-state index in [0.717, 1.165) is 12.5 Å². The molecule has 1 rings (SSSR count). The van der Waals surface area contributed by atoms with E-state index in [2.05, 4.69) is 10.1 Å². The van der Waals surface area contributed by atoms with Crippen LogP contribution in [0.4, 0.5) is 17.6 Å². The van der Waals surface area contributed by atoms with E-state index in [-0.39, 0.29) is 12.1 Å². The Morgan fingerprint density at radius 1 is 1.29 bits per heavy atom. The third-order valence-corrected chi connectivity index (χ3v) is 2.01. The first-order valence-electron chi connectivity index (χ1n) is 5.18. The Balaban J connectivity index is 2.76. The highest BCUT2D eigenvalue weighted by Gasteiger charge is 2.32. The number of rotatable bonds is 5. The van der Waals surface area contributed by atoms with Crippen molar-refractivity contribution in [3.63, 3.8) is 0 Å². The van der Waals surface area contributed by atoms with Crippen LogP contribution < -0.4 is 10.1 Å². The highest BCUT2D eigenvalue weighted by molar-refractivity contribution is 5.31. The Bertz CT molecular complexity index is 365. The van der Waals surface area contributed by atoms with Crippen molar-refractivity contribution in [1.29, 1.82) is 0 Å². The molecule has 0 saturated carbocycles. The lowest BCUT2D eigenvalue weighted by molar-refractivity contribution is -0.275. The van der Waals surface area contributed by atoms with Crippen LogP contribution >= 0.6 is 0 Å². The molecule has 0 spiro atoms. The van der Waals surface area contributed by atoms with Crippen molar-refractivity contribution in [2.75, 3.05) is 6.54 Å². The summed E-state index contributed by atoms with van der Waals surface area (Å²) >= 11 is 0. The van der Waals surface area contributed by atoms with Crippen molar-refractivity contribution < 1.29 is 22.3 Å². The summed E-state index contributed by atoms with van der Waals surface area (Å²) in [5, 5.41) is 2.91. The van der Waals surface area contributed by atoms with E-state index < -0.39 is 17.9 Å². The number of nitrogens with one attached hydrogen (secondary N) is 1. The second-order valence-electron chi connectivity index (χ2n) is 3.45. The van der Waals surface area contributed by atoms with E-state index in [9.17, 15) is 17.6 Å². The molecule has 6 heteroatoms. The molecule has 96 valence electrons. The third kappa shape index (κ3) is 4.60. The molecule has 0 amide bonds. The molecule has 0 radical (unpaired) electrons. The van der Waals surface area contributed by atoms with Gasteiger partial charge >= 0.3 is 6.36 Å². The molecule has 0 atom stereocenters. The standard InChI is InChI=1S/C11H13F4NO/c1-2-6-16-7-8-4-3-5-9(10(8)12)17-11(13,14)15/h3-5,16H,2,6-7H2,1H3. The van der Waals surface area contributed by atoms with Gasteiger partial charge in [-0.1, -0.05) is 19.1 Å². The first kappa shape index (κ1) is 13.8. The Labute approximate surface area is 96.6 Å². The molecule has 1 N–H and O–H groups in total. The fraction of sp³-hybridized carbons (Fsp3) is 0.455. The lowest BCUT2D eigenvalue weighted by atomic mass is 10.2. The first-order valence-corrected chi connectivity index (χ1v) is 5.18. The summed E-state index contributed by atoms with van der Waals surface area (Å²) < 4.78 is 53.0. The normalized spacial score (nSPS) is 11.6. The lowest BCUT2D eigenvalue weighted by Gasteiger charge is -2.12. The van der Waals surface area contributed by atoms with Gasteiger partial charge in [-0.2, -0.15) is 0 Å². The zero-order valence-corrected chi connectivity index (χ0v) is 9.27. The highest BCUT2D eigenvalue weighted by Crippen LogP contribution is 2.27. The van der Waals surface area contributed by atoms with Crippen LogP contribution in [0.1, 0.15) is 18.9 Å². The number of halogens is 4. The monoisotopic (exact) mass is 251 g/mol.